The number of nitrogen functional groups attached to an aromatic ring is 1. The van der Waals surface area contributed by atoms with Gasteiger partial charge in [0, 0.05) is 66.4 Å². The van der Waals surface area contributed by atoms with Crippen LogP contribution in [0.25, 0.3) is 0 Å². The summed E-state index contributed by atoms with van der Waals surface area (Å²) in [6.45, 7) is 7.61. The van der Waals surface area contributed by atoms with Gasteiger partial charge in [-0.2, -0.15) is 44.9 Å². The number of piperidine rings is 3. The van der Waals surface area contributed by atoms with Crippen LogP contribution in [-0.4, -0.2) is 159 Å². The van der Waals surface area contributed by atoms with E-state index in [4.69, 9.17) is 115 Å². The summed E-state index contributed by atoms with van der Waals surface area (Å²) in [6.07, 6.45) is 22.6. The summed E-state index contributed by atoms with van der Waals surface area (Å²) in [4.78, 5) is 48.4. The highest BCUT2D eigenvalue weighted by Crippen LogP contribution is 2.34. The first-order valence-corrected chi connectivity index (χ1v) is 40.7. The summed E-state index contributed by atoms with van der Waals surface area (Å²) in [5, 5.41) is 22.5. The third-order valence-electron chi connectivity index (χ3n) is 20.2. The number of likely N-dealkylation sites (tertiary alicyclic amines) is 2. The third-order valence-corrected chi connectivity index (χ3v) is 21.6. The fourth-order valence-electron chi connectivity index (χ4n) is 13.6. The average Bonchev–Trinajstić information content (AvgIpc) is 0.889. The first kappa shape index (κ1) is 89.7. The maximum absolute atomic E-state index is 6.59. The summed E-state index contributed by atoms with van der Waals surface area (Å²) in [6, 6.07) is 49.7. The van der Waals surface area contributed by atoms with E-state index >= 15 is 0 Å². The highest BCUT2D eigenvalue weighted by molar-refractivity contribution is 6.34. The van der Waals surface area contributed by atoms with Crippen LogP contribution < -0.4 is 56.9 Å². The molecule has 14 rings (SSSR count). The van der Waals surface area contributed by atoms with Gasteiger partial charge in [-0.3, -0.25) is 0 Å². The molecule has 5 fully saturated rings. The van der Waals surface area contributed by atoms with Gasteiger partial charge in [0.1, 0.15) is 24.7 Å². The molecule has 5 aliphatic rings. The highest BCUT2D eigenvalue weighted by Gasteiger charge is 2.26. The van der Waals surface area contributed by atoms with Crippen LogP contribution in [0, 0.1) is 0 Å². The molecule has 3 aliphatic heterocycles. The van der Waals surface area contributed by atoms with Crippen LogP contribution in [0.3, 0.4) is 0 Å². The van der Waals surface area contributed by atoms with Gasteiger partial charge in [0.15, 0.2) is 0 Å². The number of hydrogen-bond donors (Lipinski definition) is 7. The fourth-order valence-corrected chi connectivity index (χ4v) is 15.0. The summed E-state index contributed by atoms with van der Waals surface area (Å²) in [7, 11) is 10.6. The standard InChI is InChI=1S/C30H40ClN7O.C29H38ClN7O.C13H12ClN.C7H16N2.C3Cl3N3.2CH4/c1-37-18-16-25(17-19-37)38(2)30-35-28(32-23-12-8-3-4-9-13-23)34-29(36-30)33-24-14-15-27(26(31)20-24)39-21-22-10-6-5-7-11-22;1-37(24-15-17-31-18-16-24)29-35-27(32-22-11-7-2-3-8-12-22)34-28(36-29)33-23-13-14-26(25(30)19-23)38-20-21-9-5-4-6-10-21;14-13-9-12(15)7-6-11(13)8-10-4-2-1-3-5-10;1-8-7-3-5-9(2)6-4-7;4-1-7-2(5)9-3(6)8-1;;/h5-7,10-11,14-15,20,23,25H,3-4,8-9,12-13,16-19,21H2,1-2H3,(H2,32,33,34,35,36);4-6,9-10,13-14,19,22,24,31H,2-3,7-8,11-12,15-18,20H2,1H3,(H2,32,33,34,35,36);1-7,9H,8,15H2;7-8H,3-6H2,1-2H3;;2*1H4. The smallest absolute Gasteiger partial charge is 0.233 e. The van der Waals surface area contributed by atoms with E-state index in [0.29, 0.717) is 100 Å². The lowest BCUT2D eigenvalue weighted by Crippen LogP contribution is -2.42. The number of hydrogen-bond acceptors (Lipinski definition) is 22. The van der Waals surface area contributed by atoms with Gasteiger partial charge in [-0.05, 0) is 237 Å². The lowest BCUT2D eigenvalue weighted by molar-refractivity contribution is 0.240. The SMILES string of the molecule is C.C.CN(c1nc(Nc2ccc(OCc3ccccc3)c(Cl)c2)nc(NC2CCCCCC2)n1)C1CCNCC1.CN1CCC(N(C)c2nc(Nc3ccc(OCc4ccccc4)c(Cl)c3)nc(NC3CCCCCC3)n2)CC1.CNC1CCN(C)CC1.Clc1nc(Cl)nc(Cl)n1.Nc1ccc(Cc2ccccc2)c(Cl)c1. The average molecular weight is 1650 g/mol. The molecule has 0 unspecified atom stereocenters. The second-order valence-corrected chi connectivity index (χ2v) is 30.8. The predicted molar refractivity (Wildman–Crippen MR) is 467 cm³/mol. The topological polar surface area (TPSA) is 246 Å². The summed E-state index contributed by atoms with van der Waals surface area (Å²) >= 11 is 35.2. The monoisotopic (exact) mass is 1640 g/mol. The van der Waals surface area contributed by atoms with E-state index in [-0.39, 0.29) is 30.7 Å². The van der Waals surface area contributed by atoms with Crippen LogP contribution in [0.15, 0.2) is 146 Å². The van der Waals surface area contributed by atoms with Crippen LogP contribution in [-0.2, 0) is 19.6 Å². The molecule has 604 valence electrons. The van der Waals surface area contributed by atoms with E-state index in [1.165, 1.54) is 82.9 Å². The Kier molecular flexibility index (Phi) is 38.2. The third kappa shape index (κ3) is 30.5. The minimum absolute atomic E-state index is 0. The van der Waals surface area contributed by atoms with Crippen LogP contribution in [0.5, 0.6) is 11.5 Å². The molecule has 0 atom stereocenters. The lowest BCUT2D eigenvalue weighted by atomic mass is 10.0. The molecular weight excluding hydrogens is 1530 g/mol. The highest BCUT2D eigenvalue weighted by atomic mass is 35.5. The van der Waals surface area contributed by atoms with E-state index in [1.807, 2.05) is 127 Å². The molecule has 2 saturated carbocycles. The number of benzene rings is 6. The molecule has 0 bridgehead atoms. The van der Waals surface area contributed by atoms with E-state index in [0.717, 1.165) is 123 Å². The number of nitrogens with two attached hydrogens (primary N) is 1. The number of halogens is 6. The Morgan fingerprint density at radius 2 is 0.821 bits per heavy atom. The molecule has 6 heterocycles. The van der Waals surface area contributed by atoms with Crippen molar-refractivity contribution >= 4 is 122 Å². The van der Waals surface area contributed by atoms with Crippen molar-refractivity contribution in [3.05, 3.63) is 199 Å². The maximum Gasteiger partial charge on any atom is 0.233 e. The molecule has 3 saturated heterocycles. The maximum atomic E-state index is 6.59. The Labute approximate surface area is 694 Å². The molecule has 28 heteroatoms. The Bertz CT molecular complexity index is 4140. The van der Waals surface area contributed by atoms with Crippen molar-refractivity contribution in [2.24, 2.45) is 0 Å². The summed E-state index contributed by atoms with van der Waals surface area (Å²) in [5.41, 5.74) is 12.5. The molecule has 6 aromatic carbocycles. The molecule has 22 nitrogen and oxygen atoms in total. The quantitative estimate of drug-likeness (QED) is 0.0261. The first-order chi connectivity index (χ1) is 53.4. The zero-order chi connectivity index (χ0) is 77.4. The first-order valence-electron chi connectivity index (χ1n) is 38.5. The second-order valence-electron chi connectivity index (χ2n) is 28.6. The van der Waals surface area contributed by atoms with Gasteiger partial charge in [0.2, 0.25) is 51.5 Å². The largest absolute Gasteiger partial charge is 0.487 e. The Hall–Kier alpha value is -7.87. The van der Waals surface area contributed by atoms with Gasteiger partial charge in [-0.15, -0.1) is 0 Å². The van der Waals surface area contributed by atoms with Crippen molar-refractivity contribution in [1.82, 2.24) is 65.3 Å². The van der Waals surface area contributed by atoms with Gasteiger partial charge in [0.25, 0.3) is 0 Å². The van der Waals surface area contributed by atoms with Crippen molar-refractivity contribution in [2.45, 2.75) is 180 Å². The second kappa shape index (κ2) is 47.7. The number of nitrogens with zero attached hydrogens (tertiary/aromatic N) is 13. The van der Waals surface area contributed by atoms with Crippen LogP contribution >= 0.6 is 69.6 Å². The van der Waals surface area contributed by atoms with Crippen molar-refractivity contribution in [1.29, 1.82) is 0 Å². The zero-order valence-electron chi connectivity index (χ0n) is 63.8. The van der Waals surface area contributed by atoms with E-state index in [2.05, 4.69) is 114 Å². The van der Waals surface area contributed by atoms with Gasteiger partial charge in [-0.1, -0.05) is 198 Å². The van der Waals surface area contributed by atoms with E-state index < -0.39 is 0 Å². The molecular formula is C84H114Cl6N20O2. The zero-order valence-corrected chi connectivity index (χ0v) is 68.3. The van der Waals surface area contributed by atoms with Gasteiger partial charge < -0.3 is 66.7 Å². The minimum atomic E-state index is 0. The molecule has 9 aromatic rings. The molecule has 0 amide bonds. The van der Waals surface area contributed by atoms with Gasteiger partial charge >= 0.3 is 0 Å². The van der Waals surface area contributed by atoms with Crippen LogP contribution in [0.2, 0.25) is 30.9 Å². The van der Waals surface area contributed by atoms with Crippen molar-refractivity contribution in [3.8, 4) is 11.5 Å². The number of anilines is 9. The normalized spacial score (nSPS) is 16.0. The molecule has 8 N–H and O–H groups in total. The fraction of sp³-hybridized carbons (Fsp3) is 0.464. The molecule has 0 radical (unpaired) electrons. The lowest BCUT2D eigenvalue weighted by Gasteiger charge is -2.35. The van der Waals surface area contributed by atoms with E-state index in [9.17, 15) is 0 Å². The molecule has 0 spiro atoms. The predicted octanol–water partition coefficient (Wildman–Crippen LogP) is 19.6. The van der Waals surface area contributed by atoms with Crippen LogP contribution in [0.4, 0.5) is 52.8 Å². The minimum Gasteiger partial charge on any atom is -0.487 e. The molecule has 2 aliphatic carbocycles. The number of ether oxygens (including phenoxy) is 2. The Morgan fingerprint density at radius 1 is 0.429 bits per heavy atom. The summed E-state index contributed by atoms with van der Waals surface area (Å²) < 4.78 is 11.9. The molecule has 3 aromatic heterocycles. The van der Waals surface area contributed by atoms with Crippen molar-refractivity contribution in [3.63, 3.8) is 0 Å². The summed E-state index contributed by atoms with van der Waals surface area (Å²) in [5.74, 6) is 4.90. The Balaban J connectivity index is 0.000000198. The number of rotatable bonds is 21. The van der Waals surface area contributed by atoms with E-state index in [1.54, 1.807) is 6.07 Å². The van der Waals surface area contributed by atoms with Crippen LogP contribution in [0.1, 0.15) is 153 Å². The number of nitrogens with one attached hydrogen (secondary N) is 6. The Morgan fingerprint density at radius 3 is 1.22 bits per heavy atom. The van der Waals surface area contributed by atoms with Gasteiger partial charge in [0.05, 0.1) is 10.0 Å². The molecule has 112 heavy (non-hydrogen) atoms. The van der Waals surface area contributed by atoms with Crippen molar-refractivity contribution in [2.75, 3.05) is 111 Å². The number of aromatic nitrogens is 9. The van der Waals surface area contributed by atoms with Crippen molar-refractivity contribution < 1.29 is 9.47 Å². The van der Waals surface area contributed by atoms with Gasteiger partial charge in [-0.25, -0.2) is 0 Å².